The number of carbonyl (C=O) groups is 1. The molecule has 2 aromatic rings. The molecule has 0 radical (unpaired) electrons. The van der Waals surface area contributed by atoms with E-state index in [1.165, 1.54) is 25.0 Å². The molecule has 2 bridgehead atoms. The second-order valence-electron chi connectivity index (χ2n) is 8.22. The average Bonchev–Trinajstić information content (AvgIpc) is 2.89. The van der Waals surface area contributed by atoms with Gasteiger partial charge < -0.3 is 10.6 Å². The molecule has 4 rings (SSSR count). The van der Waals surface area contributed by atoms with Crippen LogP contribution in [0.15, 0.2) is 42.5 Å². The van der Waals surface area contributed by atoms with Crippen LogP contribution in [0.3, 0.4) is 0 Å². The summed E-state index contributed by atoms with van der Waals surface area (Å²) in [6.45, 7) is 4.88. The molecule has 0 spiro atoms. The monoisotopic (exact) mass is 381 g/mol. The number of nitrogens with one attached hydrogen (secondary N) is 2. The molecule has 0 aliphatic carbocycles. The molecule has 2 atom stereocenters. The van der Waals surface area contributed by atoms with Crippen LogP contribution in [0.25, 0.3) is 0 Å². The van der Waals surface area contributed by atoms with Crippen LogP contribution in [0.1, 0.15) is 42.4 Å². The number of benzene rings is 2. The van der Waals surface area contributed by atoms with Gasteiger partial charge >= 0.3 is 6.03 Å². The predicted molar refractivity (Wildman–Crippen MR) is 110 cm³/mol. The van der Waals surface area contributed by atoms with E-state index >= 15 is 0 Å². The van der Waals surface area contributed by atoms with Crippen LogP contribution in [0.2, 0.25) is 0 Å². The van der Waals surface area contributed by atoms with Crippen LogP contribution < -0.4 is 10.6 Å². The fourth-order valence-corrected chi connectivity index (χ4v) is 4.80. The van der Waals surface area contributed by atoms with Gasteiger partial charge in [0, 0.05) is 30.4 Å². The van der Waals surface area contributed by atoms with Crippen molar-refractivity contribution >= 4 is 11.7 Å². The van der Waals surface area contributed by atoms with E-state index < -0.39 is 0 Å². The molecule has 2 amide bonds. The normalized spacial score (nSPS) is 24.2. The summed E-state index contributed by atoms with van der Waals surface area (Å²) in [6, 6.07) is 13.9. The quantitative estimate of drug-likeness (QED) is 0.802. The van der Waals surface area contributed by atoms with Gasteiger partial charge in [-0.25, -0.2) is 9.18 Å². The predicted octanol–water partition coefficient (Wildman–Crippen LogP) is 4.76. The number of urea groups is 1. The smallest absolute Gasteiger partial charge is 0.319 e. The molecule has 0 saturated carbocycles. The van der Waals surface area contributed by atoms with E-state index in [-0.39, 0.29) is 17.9 Å². The second kappa shape index (κ2) is 7.92. The summed E-state index contributed by atoms with van der Waals surface area (Å²) in [6.07, 6.45) is 4.28. The zero-order valence-electron chi connectivity index (χ0n) is 16.5. The third-order valence-corrected chi connectivity index (χ3v) is 6.22. The molecule has 2 N–H and O–H groups in total. The van der Waals surface area contributed by atoms with E-state index in [0.717, 1.165) is 41.8 Å². The van der Waals surface area contributed by atoms with Gasteiger partial charge in [0.2, 0.25) is 0 Å². The fraction of sp³-hybridized carbons (Fsp3) is 0.435. The lowest BCUT2D eigenvalue weighted by atomic mass is 9.96. The molecule has 0 unspecified atom stereocenters. The maximum atomic E-state index is 13.2. The van der Waals surface area contributed by atoms with Crippen molar-refractivity contribution < 1.29 is 9.18 Å². The van der Waals surface area contributed by atoms with Crippen molar-refractivity contribution in [2.75, 3.05) is 5.32 Å². The first-order valence-electron chi connectivity index (χ1n) is 10.1. The highest BCUT2D eigenvalue weighted by molar-refractivity contribution is 5.91. The highest BCUT2D eigenvalue weighted by Crippen LogP contribution is 2.37. The molecule has 2 fully saturated rings. The zero-order valence-corrected chi connectivity index (χ0v) is 16.5. The number of anilines is 1. The Morgan fingerprint density at radius 2 is 1.64 bits per heavy atom. The third kappa shape index (κ3) is 4.04. The highest BCUT2D eigenvalue weighted by atomic mass is 19.1. The molecular formula is C23H28FN3O. The minimum atomic E-state index is -0.190. The largest absolute Gasteiger partial charge is 0.335 e. The van der Waals surface area contributed by atoms with Crippen LogP contribution in [-0.4, -0.2) is 29.1 Å². The third-order valence-electron chi connectivity index (χ3n) is 6.22. The minimum Gasteiger partial charge on any atom is -0.335 e. The lowest BCUT2D eigenvalue weighted by molar-refractivity contribution is 0.112. The first kappa shape index (κ1) is 18.9. The van der Waals surface area contributed by atoms with E-state index in [1.54, 1.807) is 0 Å². The number of nitrogens with zero attached hydrogens (tertiary/aromatic N) is 1. The molecule has 28 heavy (non-hydrogen) atoms. The molecule has 4 nitrogen and oxygen atoms in total. The lowest BCUT2D eigenvalue weighted by Crippen LogP contribution is -2.50. The SMILES string of the molecule is Cc1cccc(C)c1NC(=O)NC1C[C@H]2CC[C@H](C1)N2Cc1ccc(F)cc1. The van der Waals surface area contributed by atoms with Gasteiger partial charge in [-0.3, -0.25) is 4.90 Å². The van der Waals surface area contributed by atoms with Crippen molar-refractivity contribution in [2.24, 2.45) is 0 Å². The van der Waals surface area contributed by atoms with Gasteiger partial charge in [0.05, 0.1) is 0 Å². The Morgan fingerprint density at radius 3 is 2.25 bits per heavy atom. The van der Waals surface area contributed by atoms with Gasteiger partial charge in [0.25, 0.3) is 0 Å². The number of carbonyl (C=O) groups excluding carboxylic acids is 1. The number of hydrogen-bond donors (Lipinski definition) is 2. The topological polar surface area (TPSA) is 44.4 Å². The summed E-state index contributed by atoms with van der Waals surface area (Å²) in [5, 5.41) is 6.22. The van der Waals surface area contributed by atoms with Crippen molar-refractivity contribution in [1.29, 1.82) is 0 Å². The summed E-state index contributed by atoms with van der Waals surface area (Å²) >= 11 is 0. The van der Waals surface area contributed by atoms with Crippen molar-refractivity contribution in [2.45, 2.75) is 64.2 Å². The highest BCUT2D eigenvalue weighted by Gasteiger charge is 2.40. The minimum absolute atomic E-state index is 0.117. The lowest BCUT2D eigenvalue weighted by Gasteiger charge is -2.39. The van der Waals surface area contributed by atoms with Gasteiger partial charge in [0.1, 0.15) is 5.82 Å². The van der Waals surface area contributed by atoms with Crippen LogP contribution in [0.4, 0.5) is 14.9 Å². The molecule has 5 heteroatoms. The molecule has 2 heterocycles. The summed E-state index contributed by atoms with van der Waals surface area (Å²) < 4.78 is 13.2. The zero-order chi connectivity index (χ0) is 19.7. The van der Waals surface area contributed by atoms with E-state index in [2.05, 4.69) is 15.5 Å². The molecule has 2 aliphatic rings. The number of fused-ring (bicyclic) bond motifs is 2. The molecule has 2 saturated heterocycles. The number of amides is 2. The Morgan fingerprint density at radius 1 is 1.04 bits per heavy atom. The Bertz CT molecular complexity index is 817. The summed E-state index contributed by atoms with van der Waals surface area (Å²) in [5.74, 6) is -0.190. The summed E-state index contributed by atoms with van der Waals surface area (Å²) in [4.78, 5) is 15.1. The van der Waals surface area contributed by atoms with Gasteiger partial charge in [-0.15, -0.1) is 0 Å². The van der Waals surface area contributed by atoms with Crippen molar-refractivity contribution in [3.63, 3.8) is 0 Å². The number of para-hydroxylation sites is 1. The second-order valence-corrected chi connectivity index (χ2v) is 8.22. The van der Waals surface area contributed by atoms with Crippen molar-refractivity contribution in [1.82, 2.24) is 10.2 Å². The molecule has 148 valence electrons. The Balaban J connectivity index is 1.35. The number of rotatable bonds is 4. The van der Waals surface area contributed by atoms with Gasteiger partial charge in [-0.1, -0.05) is 30.3 Å². The average molecular weight is 381 g/mol. The molecule has 2 aliphatic heterocycles. The van der Waals surface area contributed by atoms with Crippen LogP contribution in [0.5, 0.6) is 0 Å². The number of halogens is 1. The van der Waals surface area contributed by atoms with E-state index in [0.29, 0.717) is 12.1 Å². The standard InChI is InChI=1S/C23H28FN3O/c1-15-4-3-5-16(2)22(15)26-23(28)25-19-12-20-10-11-21(13-19)27(20)14-17-6-8-18(24)9-7-17/h3-9,19-21H,10-14H2,1-2H3,(H2,25,26,28)/t20-,21-/m1/s1. The maximum Gasteiger partial charge on any atom is 0.319 e. The van der Waals surface area contributed by atoms with Gasteiger partial charge in [-0.05, 0) is 68.4 Å². The van der Waals surface area contributed by atoms with Crippen molar-refractivity contribution in [3.05, 3.63) is 65.0 Å². The van der Waals surface area contributed by atoms with Crippen LogP contribution >= 0.6 is 0 Å². The first-order chi connectivity index (χ1) is 13.5. The number of piperidine rings is 1. The van der Waals surface area contributed by atoms with E-state index in [4.69, 9.17) is 0 Å². The summed E-state index contributed by atoms with van der Waals surface area (Å²) in [7, 11) is 0. The van der Waals surface area contributed by atoms with Crippen LogP contribution in [-0.2, 0) is 6.54 Å². The Kier molecular flexibility index (Phi) is 5.36. The first-order valence-corrected chi connectivity index (χ1v) is 10.1. The number of hydrogen-bond acceptors (Lipinski definition) is 2. The Hall–Kier alpha value is -2.40. The van der Waals surface area contributed by atoms with Crippen LogP contribution in [0, 0.1) is 19.7 Å². The van der Waals surface area contributed by atoms with Gasteiger partial charge in [-0.2, -0.15) is 0 Å². The summed E-state index contributed by atoms with van der Waals surface area (Å²) in [5.41, 5.74) is 4.20. The van der Waals surface area contributed by atoms with E-state index in [9.17, 15) is 9.18 Å². The number of aryl methyl sites for hydroxylation is 2. The molecule has 2 aromatic carbocycles. The molecular weight excluding hydrogens is 353 g/mol. The maximum absolute atomic E-state index is 13.2. The van der Waals surface area contributed by atoms with Gasteiger partial charge in [0.15, 0.2) is 0 Å². The van der Waals surface area contributed by atoms with E-state index in [1.807, 2.05) is 44.2 Å². The molecule has 0 aromatic heterocycles. The fourth-order valence-electron chi connectivity index (χ4n) is 4.80. The Labute approximate surface area is 166 Å². The van der Waals surface area contributed by atoms with Crippen molar-refractivity contribution in [3.8, 4) is 0 Å².